The molecule has 1 heterocycles. The zero-order valence-electron chi connectivity index (χ0n) is 34.3. The van der Waals surface area contributed by atoms with Gasteiger partial charge in [-0.25, -0.2) is 0 Å². The Morgan fingerprint density at radius 1 is 0.361 bits per heavy atom. The highest BCUT2D eigenvalue weighted by atomic mass is 28.3. The summed E-state index contributed by atoms with van der Waals surface area (Å²) in [6, 6.07) is 84.6. The minimum Gasteiger partial charge on any atom is -0.310 e. The number of hydrogen-bond acceptors (Lipinski definition) is 1. The molecule has 10 aromatic rings. The third kappa shape index (κ3) is 5.19. The van der Waals surface area contributed by atoms with E-state index in [4.69, 9.17) is 0 Å². The quantitative estimate of drug-likeness (QED) is 0.152. The number of benzene rings is 10. The normalized spacial score (nSPS) is 14.0. The van der Waals surface area contributed by atoms with Crippen LogP contribution in [0.25, 0.3) is 54.9 Å². The highest BCUT2D eigenvalue weighted by Crippen LogP contribution is 2.51. The van der Waals surface area contributed by atoms with E-state index in [0.29, 0.717) is 0 Å². The maximum Gasteiger partial charge on any atom is 0.182 e. The third-order valence-corrected chi connectivity index (χ3v) is 18.7. The van der Waals surface area contributed by atoms with Crippen molar-refractivity contribution in [1.82, 2.24) is 0 Å². The molecule has 1 aliphatic heterocycles. The maximum absolute atomic E-state index is 3.00. The Bertz CT molecular complexity index is 3250. The van der Waals surface area contributed by atoms with Gasteiger partial charge in [-0.15, -0.1) is 0 Å². The molecule has 0 bridgehead atoms. The van der Waals surface area contributed by atoms with Crippen LogP contribution in [0.4, 0.5) is 17.1 Å². The fourth-order valence-corrected chi connectivity index (χ4v) is 16.7. The van der Waals surface area contributed by atoms with Crippen LogP contribution in [0.5, 0.6) is 0 Å². The van der Waals surface area contributed by atoms with Crippen LogP contribution in [0.15, 0.2) is 224 Å². The second-order valence-corrected chi connectivity index (χ2v) is 20.9. The van der Waals surface area contributed by atoms with Gasteiger partial charge in [0.15, 0.2) is 8.07 Å². The lowest BCUT2D eigenvalue weighted by Gasteiger charge is -2.34. The van der Waals surface area contributed by atoms with Gasteiger partial charge >= 0.3 is 0 Å². The molecule has 0 saturated heterocycles. The van der Waals surface area contributed by atoms with E-state index in [1.165, 1.54) is 92.5 Å². The standard InChI is InChI=1S/C59H43NSi/c1-59(2)51-27-12-10-25-48(51)49-38-37-45(39-52(49)59)60(44-35-33-41(34-36-44)40-17-4-3-5-18-40)53-28-16-32-57-58(53)50-26-11-13-29-56(50)61(57,54-30-14-21-42-19-6-8-23-46(42)54)55-31-15-22-43-20-7-9-24-47(43)55/h3-39H,1-2H3. The van der Waals surface area contributed by atoms with Gasteiger partial charge in [0.05, 0.1) is 5.69 Å². The van der Waals surface area contributed by atoms with Gasteiger partial charge in [-0.2, -0.15) is 0 Å². The minimum absolute atomic E-state index is 0.138. The number of rotatable bonds is 6. The first kappa shape index (κ1) is 35.7. The Hall–Kier alpha value is -7.26. The van der Waals surface area contributed by atoms with Gasteiger partial charge in [0.25, 0.3) is 0 Å². The monoisotopic (exact) mass is 793 g/mol. The van der Waals surface area contributed by atoms with Gasteiger partial charge in [0.2, 0.25) is 0 Å². The summed E-state index contributed by atoms with van der Waals surface area (Å²) in [6.07, 6.45) is 0. The van der Waals surface area contributed by atoms with Gasteiger partial charge < -0.3 is 4.90 Å². The Morgan fingerprint density at radius 3 is 1.59 bits per heavy atom. The summed E-state index contributed by atoms with van der Waals surface area (Å²) in [5.74, 6) is 0. The van der Waals surface area contributed by atoms with Gasteiger partial charge in [0, 0.05) is 22.4 Å². The first-order valence-corrected chi connectivity index (χ1v) is 23.4. The van der Waals surface area contributed by atoms with E-state index >= 15 is 0 Å². The van der Waals surface area contributed by atoms with E-state index < -0.39 is 8.07 Å². The molecular weight excluding hydrogens is 751 g/mol. The average molecular weight is 794 g/mol. The summed E-state index contributed by atoms with van der Waals surface area (Å²) in [6.45, 7) is 4.76. The second-order valence-electron chi connectivity index (χ2n) is 17.2. The van der Waals surface area contributed by atoms with Crippen molar-refractivity contribution in [2.75, 3.05) is 4.90 Å². The van der Waals surface area contributed by atoms with Crippen molar-refractivity contribution in [3.8, 4) is 33.4 Å². The predicted molar refractivity (Wildman–Crippen MR) is 262 cm³/mol. The number of anilines is 3. The van der Waals surface area contributed by atoms with Crippen molar-refractivity contribution in [2.24, 2.45) is 0 Å². The molecular formula is C59H43NSi. The highest BCUT2D eigenvalue weighted by molar-refractivity contribution is 7.23. The van der Waals surface area contributed by atoms with Crippen molar-refractivity contribution in [2.45, 2.75) is 19.3 Å². The number of fused-ring (bicyclic) bond motifs is 8. The van der Waals surface area contributed by atoms with E-state index in [-0.39, 0.29) is 5.41 Å². The molecule has 10 aromatic carbocycles. The lowest BCUT2D eigenvalue weighted by molar-refractivity contribution is 0.660. The molecule has 0 aromatic heterocycles. The molecule has 0 saturated carbocycles. The summed E-state index contributed by atoms with van der Waals surface area (Å²) < 4.78 is 0. The van der Waals surface area contributed by atoms with Crippen molar-refractivity contribution in [3.63, 3.8) is 0 Å². The van der Waals surface area contributed by atoms with E-state index in [1.54, 1.807) is 0 Å². The van der Waals surface area contributed by atoms with E-state index in [2.05, 4.69) is 243 Å². The number of hydrogen-bond donors (Lipinski definition) is 0. The van der Waals surface area contributed by atoms with Crippen LogP contribution in [-0.4, -0.2) is 8.07 Å². The summed E-state index contributed by atoms with van der Waals surface area (Å²) in [5.41, 5.74) is 13.8. The molecule has 2 heteroatoms. The average Bonchev–Trinajstić information content (AvgIpc) is 3.75. The molecule has 0 atom stereocenters. The fraction of sp³-hybridized carbons (Fsp3) is 0.0508. The third-order valence-electron chi connectivity index (χ3n) is 13.7. The molecule has 0 amide bonds. The summed E-state index contributed by atoms with van der Waals surface area (Å²) >= 11 is 0. The van der Waals surface area contributed by atoms with Crippen molar-refractivity contribution in [1.29, 1.82) is 0 Å². The lowest BCUT2D eigenvalue weighted by atomic mass is 9.82. The van der Waals surface area contributed by atoms with Gasteiger partial charge in [-0.05, 0) is 112 Å². The Kier molecular flexibility index (Phi) is 7.97. The van der Waals surface area contributed by atoms with E-state index in [1.807, 2.05) is 0 Å². The van der Waals surface area contributed by atoms with Gasteiger partial charge in [0.1, 0.15) is 0 Å². The van der Waals surface area contributed by atoms with Gasteiger partial charge in [-0.3, -0.25) is 0 Å². The molecule has 0 fully saturated rings. The maximum atomic E-state index is 2.54. The predicted octanol–water partition coefficient (Wildman–Crippen LogP) is 12.8. The smallest absolute Gasteiger partial charge is 0.182 e. The molecule has 288 valence electrons. The zero-order valence-corrected chi connectivity index (χ0v) is 35.3. The Labute approximate surface area is 358 Å². The van der Waals surface area contributed by atoms with Crippen molar-refractivity contribution >= 4 is 67.4 Å². The molecule has 1 aliphatic carbocycles. The molecule has 0 spiro atoms. The molecule has 12 rings (SSSR count). The summed E-state index contributed by atoms with van der Waals surface area (Å²) in [4.78, 5) is 2.54. The SMILES string of the molecule is CC1(C)c2ccccc2-c2ccc(N(c3ccc(-c4ccccc4)cc3)c3cccc4c3-c3ccccc3[Si]4(c3cccc4ccccc34)c3cccc4ccccc34)cc21. The van der Waals surface area contributed by atoms with Crippen LogP contribution in [-0.2, 0) is 5.41 Å². The first-order valence-electron chi connectivity index (χ1n) is 21.4. The fourth-order valence-electron chi connectivity index (χ4n) is 11.0. The van der Waals surface area contributed by atoms with Crippen LogP contribution in [0, 0.1) is 0 Å². The van der Waals surface area contributed by atoms with Gasteiger partial charge in [-0.1, -0.05) is 208 Å². The van der Waals surface area contributed by atoms with Crippen LogP contribution in [0.2, 0.25) is 0 Å². The highest BCUT2D eigenvalue weighted by Gasteiger charge is 2.51. The minimum atomic E-state index is -3.00. The Balaban J connectivity index is 1.17. The van der Waals surface area contributed by atoms with Crippen LogP contribution < -0.4 is 25.6 Å². The second kappa shape index (κ2) is 13.6. The van der Waals surface area contributed by atoms with Crippen molar-refractivity contribution < 1.29 is 0 Å². The Morgan fingerprint density at radius 2 is 0.869 bits per heavy atom. The van der Waals surface area contributed by atoms with Crippen LogP contribution in [0.3, 0.4) is 0 Å². The molecule has 61 heavy (non-hydrogen) atoms. The van der Waals surface area contributed by atoms with Crippen LogP contribution >= 0.6 is 0 Å². The van der Waals surface area contributed by atoms with E-state index in [0.717, 1.165) is 11.4 Å². The van der Waals surface area contributed by atoms with Crippen LogP contribution in [0.1, 0.15) is 25.0 Å². The lowest BCUT2D eigenvalue weighted by Crippen LogP contribution is -2.73. The topological polar surface area (TPSA) is 3.24 Å². The van der Waals surface area contributed by atoms with Crippen molar-refractivity contribution in [3.05, 3.63) is 236 Å². The first-order chi connectivity index (χ1) is 30.0. The molecule has 2 aliphatic rings. The molecule has 0 unspecified atom stereocenters. The largest absolute Gasteiger partial charge is 0.310 e. The zero-order chi connectivity index (χ0) is 40.7. The molecule has 0 radical (unpaired) electrons. The molecule has 0 N–H and O–H groups in total. The summed E-state index contributed by atoms with van der Waals surface area (Å²) in [7, 11) is -3.00. The van der Waals surface area contributed by atoms with E-state index in [9.17, 15) is 0 Å². The summed E-state index contributed by atoms with van der Waals surface area (Å²) in [5, 5.41) is 10.9. The molecule has 1 nitrogen and oxygen atoms in total. The number of nitrogens with zero attached hydrogens (tertiary/aromatic N) is 1.